The summed E-state index contributed by atoms with van der Waals surface area (Å²) in [6.45, 7) is 0.628. The van der Waals surface area contributed by atoms with Gasteiger partial charge in [-0.25, -0.2) is 0 Å². The summed E-state index contributed by atoms with van der Waals surface area (Å²) < 4.78 is 23.1. The third kappa shape index (κ3) is 8.57. The molecule has 230 valence electrons. The van der Waals surface area contributed by atoms with Crippen LogP contribution in [0.2, 0.25) is 6.04 Å². The van der Waals surface area contributed by atoms with Crippen LogP contribution in [0, 0.1) is 0 Å². The third-order valence-electron chi connectivity index (χ3n) is 7.80. The summed E-state index contributed by atoms with van der Waals surface area (Å²) in [6.07, 6.45) is 6.57. The van der Waals surface area contributed by atoms with Gasteiger partial charge in [-0.05, 0) is 61.4 Å². The van der Waals surface area contributed by atoms with Gasteiger partial charge in [0.15, 0.2) is 11.1 Å². The Morgan fingerprint density at radius 2 is 1.02 bits per heavy atom. The number of rotatable bonds is 17. The lowest BCUT2D eigenvalue weighted by Gasteiger charge is -2.29. The van der Waals surface area contributed by atoms with Crippen molar-refractivity contribution in [1.29, 1.82) is 0 Å². The first-order chi connectivity index (χ1) is 20.6. The van der Waals surface area contributed by atoms with Gasteiger partial charge >= 0.3 is 8.80 Å². The van der Waals surface area contributed by atoms with Crippen LogP contribution in [0.15, 0.2) is 109 Å². The lowest BCUT2D eigenvalue weighted by molar-refractivity contribution is -0.0000144. The van der Waals surface area contributed by atoms with Gasteiger partial charge in [0.2, 0.25) is 0 Å². The van der Waals surface area contributed by atoms with Crippen molar-refractivity contribution in [3.63, 3.8) is 0 Å². The number of hydrogen-bond acceptors (Lipinski definition) is 5. The van der Waals surface area contributed by atoms with Crippen LogP contribution in [-0.4, -0.2) is 41.8 Å². The van der Waals surface area contributed by atoms with Crippen LogP contribution < -0.4 is 42.9 Å². The fourth-order valence-corrected chi connectivity index (χ4v) is 11.8. The zero-order chi connectivity index (χ0) is 29.7. The molecule has 4 aromatic rings. The van der Waals surface area contributed by atoms with Gasteiger partial charge < -0.3 is 40.1 Å². The number of phenolic OH excluding ortho intramolecular Hbond substituents is 1. The van der Waals surface area contributed by atoms with E-state index in [4.69, 9.17) is 18.0 Å². The molecule has 4 rings (SSSR count). The van der Waals surface area contributed by atoms with Gasteiger partial charge in [0.1, 0.15) is 28.9 Å². The smallest absolute Gasteiger partial charge is 0.500 e. The van der Waals surface area contributed by atoms with Crippen LogP contribution in [-0.2, 0) is 13.3 Å². The van der Waals surface area contributed by atoms with E-state index in [-0.39, 0.29) is 22.7 Å². The molecule has 0 radical (unpaired) electrons. The molecule has 0 aliphatic rings. The highest BCUT2D eigenvalue weighted by molar-refractivity contribution is 8.01. The van der Waals surface area contributed by atoms with Gasteiger partial charge in [-0.3, -0.25) is 0 Å². The van der Waals surface area contributed by atoms with Crippen molar-refractivity contribution >= 4 is 37.3 Å². The Morgan fingerprint density at radius 1 is 0.581 bits per heavy atom. The Hall–Kier alpha value is -2.51. The van der Waals surface area contributed by atoms with Gasteiger partial charge in [0, 0.05) is 33.4 Å². The van der Waals surface area contributed by atoms with Gasteiger partial charge in [-0.15, -0.1) is 0 Å². The summed E-state index contributed by atoms with van der Waals surface area (Å²) in [6, 6.07) is 38.4. The third-order valence-corrected chi connectivity index (χ3v) is 14.9. The van der Waals surface area contributed by atoms with Crippen molar-refractivity contribution in [3.05, 3.63) is 109 Å². The summed E-state index contributed by atoms with van der Waals surface area (Å²) >= 11 is 0. The van der Waals surface area contributed by atoms with Gasteiger partial charge in [0.25, 0.3) is 0 Å². The molecule has 4 aromatic carbocycles. The zero-order valence-corrected chi connectivity index (χ0v) is 28.9. The van der Waals surface area contributed by atoms with E-state index in [1.165, 1.54) is 15.9 Å². The van der Waals surface area contributed by atoms with E-state index in [1.54, 1.807) is 27.4 Å². The molecule has 0 atom stereocenters. The fraction of sp³-hybridized carbons (Fsp3) is 0.314. The predicted octanol–water partition coefficient (Wildman–Crippen LogP) is 3.61. The van der Waals surface area contributed by atoms with Crippen molar-refractivity contribution in [2.45, 2.75) is 44.6 Å². The predicted molar refractivity (Wildman–Crippen MR) is 178 cm³/mol. The van der Waals surface area contributed by atoms with E-state index >= 15 is 0 Å². The van der Waals surface area contributed by atoms with Crippen LogP contribution in [0.25, 0.3) is 0 Å². The van der Waals surface area contributed by atoms with Crippen LogP contribution in [0.3, 0.4) is 0 Å². The molecule has 0 unspecified atom stereocenters. The van der Waals surface area contributed by atoms with Crippen LogP contribution in [0.1, 0.15) is 38.5 Å². The molecule has 5 nitrogen and oxygen atoms in total. The van der Waals surface area contributed by atoms with E-state index < -0.39 is 16.1 Å². The lowest BCUT2D eigenvalue weighted by atomic mass is 10.1. The Labute approximate surface area is 269 Å². The molecule has 8 heteroatoms. The topological polar surface area (TPSA) is 57.2 Å². The quantitative estimate of drug-likeness (QED) is 0.105. The number of benzene rings is 4. The summed E-state index contributed by atoms with van der Waals surface area (Å²) in [4.78, 5) is 0. The standard InChI is InChI=1S/C35H43O5PSi.BrH/c1-37-42(38-2,39-3)28-18-7-5-4-6-17-27-40-34-26-25-30(36)29-35(34)41(31-19-11-8-12-20-31,32-21-13-9-14-22-32)33-23-15-10-16-24-33;/h8-16,19-26,29H,4-7,17-18,27-28H2,1-3H3;1H. The molecule has 0 aliphatic carbocycles. The van der Waals surface area contributed by atoms with Crippen molar-refractivity contribution in [3.8, 4) is 11.5 Å². The molecule has 0 spiro atoms. The highest BCUT2D eigenvalue weighted by Crippen LogP contribution is 2.56. The van der Waals surface area contributed by atoms with Crippen LogP contribution in [0.4, 0.5) is 0 Å². The zero-order valence-electron chi connectivity index (χ0n) is 25.5. The molecule has 0 saturated heterocycles. The minimum Gasteiger partial charge on any atom is -1.00 e. The van der Waals surface area contributed by atoms with Gasteiger partial charge in [-0.2, -0.15) is 0 Å². The number of ether oxygens (including phenoxy) is 1. The molecule has 1 N–H and O–H groups in total. The maximum absolute atomic E-state index is 10.8. The Bertz CT molecular complexity index is 1240. The molecule has 0 aromatic heterocycles. The fourth-order valence-electron chi connectivity index (χ4n) is 5.60. The lowest BCUT2D eigenvalue weighted by Crippen LogP contribution is -3.00. The van der Waals surface area contributed by atoms with E-state index in [2.05, 4.69) is 91.0 Å². The highest BCUT2D eigenvalue weighted by atomic mass is 79.9. The number of halogens is 1. The Balaban J connectivity index is 0.00000506. The number of aromatic hydroxyl groups is 1. The van der Waals surface area contributed by atoms with Gasteiger partial charge in [0.05, 0.1) is 6.61 Å². The minimum atomic E-state index is -2.47. The van der Waals surface area contributed by atoms with E-state index in [9.17, 15) is 5.11 Å². The van der Waals surface area contributed by atoms with Crippen molar-refractivity contribution in [2.75, 3.05) is 27.9 Å². The number of hydrogen-bond donors (Lipinski definition) is 1. The average molecular weight is 684 g/mol. The second-order valence-corrected chi connectivity index (χ2v) is 16.8. The molecular formula is C35H44BrO5PSi. The first kappa shape index (κ1) is 35.0. The number of unbranched alkanes of at least 4 members (excludes halogenated alkanes) is 5. The van der Waals surface area contributed by atoms with Crippen molar-refractivity contribution in [1.82, 2.24) is 0 Å². The normalized spacial score (nSPS) is 11.6. The maximum Gasteiger partial charge on any atom is 0.500 e. The molecule has 0 heterocycles. The molecule has 0 saturated carbocycles. The van der Waals surface area contributed by atoms with Crippen molar-refractivity contribution in [2.24, 2.45) is 0 Å². The molecule has 0 amide bonds. The van der Waals surface area contributed by atoms with Crippen LogP contribution in [0.5, 0.6) is 11.5 Å². The monoisotopic (exact) mass is 682 g/mol. The first-order valence-corrected chi connectivity index (χ1v) is 18.5. The second kappa shape index (κ2) is 17.7. The summed E-state index contributed by atoms with van der Waals surface area (Å²) in [5.74, 6) is 1.07. The average Bonchev–Trinajstić information content (AvgIpc) is 3.05. The largest absolute Gasteiger partial charge is 1.00 e. The SMILES string of the molecule is CO[Si](CCCCCCCCOc1ccc(O)cc1[P+](c1ccccc1)(c1ccccc1)c1ccccc1)(OC)OC.[Br-]. The van der Waals surface area contributed by atoms with Crippen molar-refractivity contribution < 1.29 is 40.1 Å². The van der Waals surface area contributed by atoms with E-state index in [0.717, 1.165) is 55.6 Å². The second-order valence-electron chi connectivity index (χ2n) is 10.3. The Morgan fingerprint density at radius 3 is 1.49 bits per heavy atom. The van der Waals surface area contributed by atoms with Gasteiger partial charge in [-0.1, -0.05) is 80.3 Å². The number of phenols is 1. The van der Waals surface area contributed by atoms with E-state index in [1.807, 2.05) is 12.1 Å². The van der Waals surface area contributed by atoms with E-state index in [0.29, 0.717) is 6.61 Å². The molecule has 0 aliphatic heterocycles. The van der Waals surface area contributed by atoms with Crippen LogP contribution >= 0.6 is 7.26 Å². The first-order valence-electron chi connectivity index (χ1n) is 14.8. The summed E-state index contributed by atoms with van der Waals surface area (Å²) in [5.41, 5.74) is 0. The summed E-state index contributed by atoms with van der Waals surface area (Å²) in [5, 5.41) is 15.5. The summed E-state index contributed by atoms with van der Waals surface area (Å²) in [7, 11) is 0.164. The molecular weight excluding hydrogens is 639 g/mol. The minimum absolute atomic E-state index is 0. The molecule has 43 heavy (non-hydrogen) atoms. The molecule has 0 fully saturated rings. The molecule has 0 bridgehead atoms. The Kier molecular flexibility index (Phi) is 14.4. The highest BCUT2D eigenvalue weighted by Gasteiger charge is 2.50. The maximum atomic E-state index is 10.8.